The number of carboxylic acids is 1. The van der Waals surface area contributed by atoms with Gasteiger partial charge in [0.2, 0.25) is 0 Å². The molecule has 1 saturated heterocycles. The number of pyridine rings is 1. The first-order valence-corrected chi connectivity index (χ1v) is 10.6. The van der Waals surface area contributed by atoms with Crippen LogP contribution in [0.25, 0.3) is 22.2 Å². The Labute approximate surface area is 192 Å². The van der Waals surface area contributed by atoms with Gasteiger partial charge in [-0.25, -0.2) is 4.79 Å². The van der Waals surface area contributed by atoms with E-state index in [9.17, 15) is 19.8 Å². The first-order valence-electron chi connectivity index (χ1n) is 10.6. The highest BCUT2D eigenvalue weighted by Gasteiger charge is 2.22. The third-order valence-corrected chi connectivity index (χ3v) is 6.22. The Morgan fingerprint density at radius 1 is 1.31 bits per heavy atom. The van der Waals surface area contributed by atoms with Crippen LogP contribution in [0.3, 0.4) is 0 Å². The smallest absolute Gasteiger partial charge is 0.345 e. The Hall–Kier alpha value is -2.81. The van der Waals surface area contributed by atoms with Crippen molar-refractivity contribution in [2.24, 2.45) is 12.8 Å². The molecule has 0 saturated carbocycles. The Kier molecular flexibility index (Phi) is 6.97. The van der Waals surface area contributed by atoms with E-state index in [-0.39, 0.29) is 18.4 Å². The summed E-state index contributed by atoms with van der Waals surface area (Å²) in [7, 11) is 2.04. The van der Waals surface area contributed by atoms with E-state index in [2.05, 4.69) is 20.5 Å². The van der Waals surface area contributed by atoms with Crippen molar-refractivity contribution in [1.82, 2.24) is 14.5 Å². The number of benzene rings is 1. The number of nitrogens with two attached hydrogens (primary N) is 1. The molecule has 0 bridgehead atoms. The van der Waals surface area contributed by atoms with Gasteiger partial charge in [0.05, 0.1) is 5.69 Å². The average Bonchev–Trinajstić information content (AvgIpc) is 3.02. The average molecular weight is 461 g/mol. The van der Waals surface area contributed by atoms with E-state index in [1.165, 1.54) is 5.69 Å². The molecule has 1 atom stereocenters. The van der Waals surface area contributed by atoms with Crippen LogP contribution in [0.4, 0.5) is 0 Å². The van der Waals surface area contributed by atoms with Gasteiger partial charge in [-0.3, -0.25) is 9.69 Å². The second kappa shape index (κ2) is 9.36. The number of aromatic amines is 1. The zero-order valence-corrected chi connectivity index (χ0v) is 19.0. The molecule has 1 aromatic carbocycles. The van der Waals surface area contributed by atoms with E-state index >= 15 is 0 Å². The van der Waals surface area contributed by atoms with Crippen molar-refractivity contribution in [3.05, 3.63) is 51.4 Å². The second-order valence-corrected chi connectivity index (χ2v) is 8.30. The molecule has 0 radical (unpaired) electrons. The highest BCUT2D eigenvalue weighted by atomic mass is 35.5. The minimum absolute atomic E-state index is 0. The van der Waals surface area contributed by atoms with Crippen molar-refractivity contribution < 1.29 is 15.0 Å². The third-order valence-electron chi connectivity index (χ3n) is 6.22. The van der Waals surface area contributed by atoms with Crippen LogP contribution in [0.1, 0.15) is 41.4 Å². The molecule has 172 valence electrons. The minimum atomic E-state index is -1.44. The summed E-state index contributed by atoms with van der Waals surface area (Å²) in [5.41, 5.74) is 8.51. The molecule has 5 N–H and O–H groups in total. The normalized spacial score (nSPS) is 16.8. The zero-order chi connectivity index (χ0) is 22.3. The van der Waals surface area contributed by atoms with E-state index in [0.717, 1.165) is 48.9 Å². The molecule has 32 heavy (non-hydrogen) atoms. The monoisotopic (exact) mass is 460 g/mol. The first-order chi connectivity index (χ1) is 14.8. The molecule has 1 aliphatic heterocycles. The van der Waals surface area contributed by atoms with Crippen LogP contribution in [0.5, 0.6) is 5.75 Å². The number of likely N-dealkylation sites (tertiary alicyclic amines) is 1. The van der Waals surface area contributed by atoms with Gasteiger partial charge in [0.25, 0.3) is 5.56 Å². The highest BCUT2D eigenvalue weighted by molar-refractivity contribution is 5.92. The van der Waals surface area contributed by atoms with Gasteiger partial charge >= 0.3 is 5.97 Å². The number of aryl methyl sites for hydroxylation is 1. The number of hydrogen-bond acceptors (Lipinski definition) is 5. The van der Waals surface area contributed by atoms with E-state index < -0.39 is 22.8 Å². The van der Waals surface area contributed by atoms with Gasteiger partial charge < -0.3 is 25.5 Å². The van der Waals surface area contributed by atoms with Crippen LogP contribution >= 0.6 is 12.4 Å². The summed E-state index contributed by atoms with van der Waals surface area (Å²) in [6, 6.07) is 8.18. The Morgan fingerprint density at radius 3 is 2.72 bits per heavy atom. The molecule has 1 fully saturated rings. The van der Waals surface area contributed by atoms with Crippen LogP contribution < -0.4 is 11.3 Å². The lowest BCUT2D eigenvalue weighted by Gasteiger charge is -2.30. The summed E-state index contributed by atoms with van der Waals surface area (Å²) in [6.07, 6.45) is 2.56. The number of hydrogen-bond donors (Lipinski definition) is 4. The fraction of sp³-hybridized carbons (Fsp3) is 0.391. The Morgan fingerprint density at radius 2 is 2.06 bits per heavy atom. The molecule has 0 aliphatic carbocycles. The van der Waals surface area contributed by atoms with Crippen molar-refractivity contribution in [3.63, 3.8) is 0 Å². The van der Waals surface area contributed by atoms with Crippen LogP contribution in [-0.2, 0) is 20.0 Å². The highest BCUT2D eigenvalue weighted by Crippen LogP contribution is 2.32. The fourth-order valence-corrected chi connectivity index (χ4v) is 4.60. The maximum atomic E-state index is 12.3. The second-order valence-electron chi connectivity index (χ2n) is 8.30. The summed E-state index contributed by atoms with van der Waals surface area (Å²) >= 11 is 0. The van der Waals surface area contributed by atoms with Gasteiger partial charge in [0.1, 0.15) is 5.75 Å². The number of halogens is 1. The number of aromatic carboxylic acids is 1. The molecule has 0 spiro atoms. The molecule has 0 amide bonds. The SMILES string of the molecule is CCc1c(-c2ccc3c(c2)cc(CN2CCC[C@H](N)C2)n3C)[nH]c(=O)c(C(=O)O)c1O.Cl. The summed E-state index contributed by atoms with van der Waals surface area (Å²) in [6.45, 7) is 4.56. The van der Waals surface area contributed by atoms with Crippen molar-refractivity contribution in [2.45, 2.75) is 38.8 Å². The summed E-state index contributed by atoms with van der Waals surface area (Å²) in [4.78, 5) is 28.7. The topological polar surface area (TPSA) is 125 Å². The number of piperidine rings is 1. The number of H-pyrrole nitrogens is 1. The largest absolute Gasteiger partial charge is 0.506 e. The number of nitrogens with one attached hydrogen (secondary N) is 1. The lowest BCUT2D eigenvalue weighted by atomic mass is 9.99. The van der Waals surface area contributed by atoms with E-state index in [4.69, 9.17) is 5.73 Å². The summed E-state index contributed by atoms with van der Waals surface area (Å²) in [5.74, 6) is -1.91. The van der Waals surface area contributed by atoms with Crippen molar-refractivity contribution in [1.29, 1.82) is 0 Å². The van der Waals surface area contributed by atoms with Gasteiger partial charge in [0.15, 0.2) is 5.56 Å². The van der Waals surface area contributed by atoms with Gasteiger partial charge in [-0.1, -0.05) is 13.0 Å². The van der Waals surface area contributed by atoms with Crippen LogP contribution in [-0.4, -0.2) is 49.8 Å². The van der Waals surface area contributed by atoms with Gasteiger partial charge in [0, 0.05) is 48.3 Å². The lowest BCUT2D eigenvalue weighted by molar-refractivity contribution is 0.0691. The van der Waals surface area contributed by atoms with Gasteiger partial charge in [-0.2, -0.15) is 0 Å². The van der Waals surface area contributed by atoms with E-state index in [1.807, 2.05) is 32.2 Å². The molecule has 8 nitrogen and oxygen atoms in total. The maximum Gasteiger partial charge on any atom is 0.345 e. The molecule has 3 heterocycles. The summed E-state index contributed by atoms with van der Waals surface area (Å²) < 4.78 is 2.16. The van der Waals surface area contributed by atoms with Crippen LogP contribution in [0.15, 0.2) is 29.1 Å². The maximum absolute atomic E-state index is 12.3. The number of aromatic nitrogens is 2. The molecule has 9 heteroatoms. The predicted octanol–water partition coefficient (Wildman–Crippen LogP) is 2.84. The molecular weight excluding hydrogens is 432 g/mol. The predicted molar refractivity (Wildman–Crippen MR) is 127 cm³/mol. The van der Waals surface area contributed by atoms with Crippen molar-refractivity contribution in [3.8, 4) is 17.0 Å². The number of fused-ring (bicyclic) bond motifs is 1. The van der Waals surface area contributed by atoms with E-state index in [0.29, 0.717) is 17.7 Å². The van der Waals surface area contributed by atoms with Crippen molar-refractivity contribution in [2.75, 3.05) is 13.1 Å². The molecule has 4 rings (SSSR count). The Bertz CT molecular complexity index is 1220. The van der Waals surface area contributed by atoms with Gasteiger partial charge in [-0.15, -0.1) is 12.4 Å². The number of nitrogens with zero attached hydrogens (tertiary/aromatic N) is 2. The molecule has 0 unspecified atom stereocenters. The van der Waals surface area contributed by atoms with Crippen molar-refractivity contribution >= 4 is 29.3 Å². The zero-order valence-electron chi connectivity index (χ0n) is 18.2. The molecular formula is C23H29ClN4O4. The minimum Gasteiger partial charge on any atom is -0.506 e. The number of aromatic hydroxyl groups is 1. The molecule has 2 aromatic heterocycles. The molecule has 3 aromatic rings. The number of carbonyl (C=O) groups is 1. The molecule has 1 aliphatic rings. The van der Waals surface area contributed by atoms with Crippen LogP contribution in [0.2, 0.25) is 0 Å². The Balaban J connectivity index is 0.00000289. The van der Waals surface area contributed by atoms with E-state index in [1.54, 1.807) is 0 Å². The lowest BCUT2D eigenvalue weighted by Crippen LogP contribution is -2.42. The number of rotatable bonds is 5. The summed E-state index contributed by atoms with van der Waals surface area (Å²) in [5, 5.41) is 20.7. The van der Waals surface area contributed by atoms with Gasteiger partial charge in [-0.05, 0) is 49.6 Å². The fourth-order valence-electron chi connectivity index (χ4n) is 4.60. The van der Waals surface area contributed by atoms with Crippen LogP contribution in [0, 0.1) is 0 Å². The number of carboxylic acid groups (broad SMARTS) is 1. The first kappa shape index (κ1) is 23.8. The third kappa shape index (κ3) is 4.26. The standard InChI is InChI=1S/C23H28N4O4.ClH/c1-3-17-20(25-22(29)19(21(17)28)23(30)31)13-6-7-18-14(9-13)10-16(26(18)2)12-27-8-4-5-15(24)11-27;/h6-7,9-10,15H,3-5,8,11-12,24H2,1-2H3,(H,30,31)(H2,25,28,29);1H/t15-;/m0./s1. The quantitative estimate of drug-likeness (QED) is 0.464.